The van der Waals surface area contributed by atoms with E-state index in [2.05, 4.69) is 17.6 Å². The summed E-state index contributed by atoms with van der Waals surface area (Å²) in [4.78, 5) is 25.4. The molecule has 1 fully saturated rings. The number of urea groups is 1. The maximum absolute atomic E-state index is 12.6. The van der Waals surface area contributed by atoms with E-state index in [0.717, 1.165) is 32.5 Å². The summed E-state index contributed by atoms with van der Waals surface area (Å²) in [5.74, 6) is 0.0381. The lowest BCUT2D eigenvalue weighted by molar-refractivity contribution is 0.0692. The Balaban J connectivity index is 0.00000242. The van der Waals surface area contributed by atoms with Crippen molar-refractivity contribution in [3.8, 4) is 0 Å². The highest BCUT2D eigenvalue weighted by atomic mass is 35.5. The zero-order chi connectivity index (χ0) is 15.2. The topological polar surface area (TPSA) is 87.5 Å². The molecule has 22 heavy (non-hydrogen) atoms. The molecule has 1 heterocycles. The van der Waals surface area contributed by atoms with Gasteiger partial charge in [-0.2, -0.15) is 0 Å². The lowest BCUT2D eigenvalue weighted by atomic mass is 10.1. The van der Waals surface area contributed by atoms with Crippen LogP contribution in [0.25, 0.3) is 0 Å². The third-order valence-corrected chi connectivity index (χ3v) is 3.60. The van der Waals surface area contributed by atoms with E-state index in [1.807, 2.05) is 4.90 Å². The maximum atomic E-state index is 12.6. The molecule has 1 aromatic rings. The first-order valence-corrected chi connectivity index (χ1v) is 7.30. The van der Waals surface area contributed by atoms with Gasteiger partial charge in [0.05, 0.1) is 0 Å². The van der Waals surface area contributed by atoms with E-state index in [9.17, 15) is 9.59 Å². The molecule has 1 saturated heterocycles. The van der Waals surface area contributed by atoms with Crippen LogP contribution in [0.2, 0.25) is 0 Å². The minimum atomic E-state index is -0.612. The quantitative estimate of drug-likeness (QED) is 0.771. The van der Waals surface area contributed by atoms with Crippen molar-refractivity contribution in [2.75, 3.05) is 25.0 Å². The molecule has 3 amide bonds. The fourth-order valence-electron chi connectivity index (χ4n) is 2.60. The number of carbonyl (C=O) groups is 2. The molecule has 122 valence electrons. The maximum Gasteiger partial charge on any atom is 0.316 e. The Hall–Kier alpha value is -1.79. The van der Waals surface area contributed by atoms with Gasteiger partial charge in [-0.3, -0.25) is 4.79 Å². The van der Waals surface area contributed by atoms with Crippen molar-refractivity contribution in [2.24, 2.45) is 5.73 Å². The Morgan fingerprint density at radius 2 is 2.05 bits per heavy atom. The standard InChI is InChI=1S/C15H22N4O2.ClH/c1-2-9-19(13-7-8-17-10-13)14(20)11-3-5-12(6-4-11)18-15(16)21;/h3-6,13,17H,2,7-10H2,1H3,(H3,16,18,21);1H. The van der Waals surface area contributed by atoms with Crippen LogP contribution in [0.3, 0.4) is 0 Å². The van der Waals surface area contributed by atoms with Gasteiger partial charge in [-0.05, 0) is 43.7 Å². The molecule has 7 heteroatoms. The van der Waals surface area contributed by atoms with Crippen LogP contribution in [-0.4, -0.2) is 42.5 Å². The van der Waals surface area contributed by atoms with Gasteiger partial charge >= 0.3 is 6.03 Å². The molecule has 0 radical (unpaired) electrons. The van der Waals surface area contributed by atoms with Crippen LogP contribution in [0.4, 0.5) is 10.5 Å². The molecule has 1 aliphatic rings. The van der Waals surface area contributed by atoms with Crippen molar-refractivity contribution in [2.45, 2.75) is 25.8 Å². The summed E-state index contributed by atoms with van der Waals surface area (Å²) in [7, 11) is 0. The van der Waals surface area contributed by atoms with E-state index < -0.39 is 6.03 Å². The highest BCUT2D eigenvalue weighted by molar-refractivity contribution is 5.95. The van der Waals surface area contributed by atoms with Crippen LogP contribution in [-0.2, 0) is 0 Å². The first-order chi connectivity index (χ1) is 10.1. The number of benzene rings is 1. The highest BCUT2D eigenvalue weighted by Crippen LogP contribution is 2.16. The summed E-state index contributed by atoms with van der Waals surface area (Å²) < 4.78 is 0. The Morgan fingerprint density at radius 3 is 2.55 bits per heavy atom. The fraction of sp³-hybridized carbons (Fsp3) is 0.467. The van der Waals surface area contributed by atoms with Crippen molar-refractivity contribution in [1.29, 1.82) is 0 Å². The Kier molecular flexibility index (Phi) is 7.14. The second kappa shape index (κ2) is 8.60. The van der Waals surface area contributed by atoms with E-state index in [1.165, 1.54) is 0 Å². The molecule has 1 aliphatic heterocycles. The number of nitrogens with one attached hydrogen (secondary N) is 2. The highest BCUT2D eigenvalue weighted by Gasteiger charge is 2.26. The van der Waals surface area contributed by atoms with Gasteiger partial charge in [0, 0.05) is 30.4 Å². The molecule has 1 aromatic carbocycles. The molecule has 0 saturated carbocycles. The lowest BCUT2D eigenvalue weighted by Gasteiger charge is -2.28. The number of amides is 3. The molecule has 1 unspecified atom stereocenters. The van der Waals surface area contributed by atoms with Gasteiger partial charge in [-0.1, -0.05) is 6.92 Å². The first-order valence-electron chi connectivity index (χ1n) is 7.30. The smallest absolute Gasteiger partial charge is 0.316 e. The van der Waals surface area contributed by atoms with E-state index in [4.69, 9.17) is 5.73 Å². The number of anilines is 1. The van der Waals surface area contributed by atoms with Gasteiger partial charge in [0.2, 0.25) is 0 Å². The number of nitrogens with two attached hydrogens (primary N) is 1. The van der Waals surface area contributed by atoms with Crippen LogP contribution < -0.4 is 16.4 Å². The van der Waals surface area contributed by atoms with Crippen LogP contribution in [0.15, 0.2) is 24.3 Å². The van der Waals surface area contributed by atoms with E-state index >= 15 is 0 Å². The molecular formula is C15H23ClN4O2. The third-order valence-electron chi connectivity index (χ3n) is 3.60. The Labute approximate surface area is 136 Å². The van der Waals surface area contributed by atoms with Crippen LogP contribution in [0.1, 0.15) is 30.1 Å². The molecule has 4 N–H and O–H groups in total. The van der Waals surface area contributed by atoms with Crippen molar-refractivity contribution in [3.05, 3.63) is 29.8 Å². The summed E-state index contributed by atoms with van der Waals surface area (Å²) in [6.07, 6.45) is 1.93. The summed E-state index contributed by atoms with van der Waals surface area (Å²) in [6, 6.07) is 6.47. The monoisotopic (exact) mass is 326 g/mol. The number of carbonyl (C=O) groups excluding carboxylic acids is 2. The summed E-state index contributed by atoms with van der Waals surface area (Å²) >= 11 is 0. The molecule has 1 atom stereocenters. The largest absolute Gasteiger partial charge is 0.351 e. The second-order valence-corrected chi connectivity index (χ2v) is 5.21. The number of nitrogens with zero attached hydrogens (tertiary/aromatic N) is 1. The van der Waals surface area contributed by atoms with E-state index in [1.54, 1.807) is 24.3 Å². The predicted molar refractivity (Wildman–Crippen MR) is 89.5 cm³/mol. The molecular weight excluding hydrogens is 304 g/mol. The summed E-state index contributed by atoms with van der Waals surface area (Å²) in [6.45, 7) is 4.64. The minimum Gasteiger partial charge on any atom is -0.351 e. The van der Waals surface area contributed by atoms with Crippen molar-refractivity contribution in [1.82, 2.24) is 10.2 Å². The average Bonchev–Trinajstić information content (AvgIpc) is 2.98. The van der Waals surface area contributed by atoms with Gasteiger partial charge in [0.1, 0.15) is 0 Å². The molecule has 6 nitrogen and oxygen atoms in total. The van der Waals surface area contributed by atoms with Crippen molar-refractivity contribution >= 4 is 30.0 Å². The van der Waals surface area contributed by atoms with Crippen LogP contribution >= 0.6 is 12.4 Å². The number of hydrogen-bond donors (Lipinski definition) is 3. The summed E-state index contributed by atoms with van der Waals surface area (Å²) in [5.41, 5.74) is 6.28. The minimum absolute atomic E-state index is 0. The molecule has 0 aliphatic carbocycles. The number of rotatable bonds is 5. The van der Waals surface area contributed by atoms with Crippen LogP contribution in [0, 0.1) is 0 Å². The Bertz CT molecular complexity index is 501. The number of primary amides is 1. The average molecular weight is 327 g/mol. The Morgan fingerprint density at radius 1 is 1.36 bits per heavy atom. The number of hydrogen-bond acceptors (Lipinski definition) is 3. The van der Waals surface area contributed by atoms with Crippen molar-refractivity contribution < 1.29 is 9.59 Å². The number of halogens is 1. The van der Waals surface area contributed by atoms with Gasteiger partial charge in [0.15, 0.2) is 0 Å². The second-order valence-electron chi connectivity index (χ2n) is 5.21. The molecule has 0 spiro atoms. The van der Waals surface area contributed by atoms with Crippen LogP contribution in [0.5, 0.6) is 0 Å². The normalized spacial score (nSPS) is 16.7. The zero-order valence-corrected chi connectivity index (χ0v) is 13.5. The van der Waals surface area contributed by atoms with Gasteiger partial charge in [-0.25, -0.2) is 4.79 Å². The summed E-state index contributed by atoms with van der Waals surface area (Å²) in [5, 5.41) is 5.78. The molecule has 0 aromatic heterocycles. The van der Waals surface area contributed by atoms with E-state index in [-0.39, 0.29) is 24.4 Å². The van der Waals surface area contributed by atoms with Gasteiger partial charge < -0.3 is 21.3 Å². The zero-order valence-electron chi connectivity index (χ0n) is 12.7. The third kappa shape index (κ3) is 4.61. The van der Waals surface area contributed by atoms with Crippen molar-refractivity contribution in [3.63, 3.8) is 0 Å². The van der Waals surface area contributed by atoms with Gasteiger partial charge in [-0.15, -0.1) is 12.4 Å². The molecule has 0 bridgehead atoms. The fourth-order valence-corrected chi connectivity index (χ4v) is 2.60. The molecule has 2 rings (SSSR count). The van der Waals surface area contributed by atoms with Gasteiger partial charge in [0.25, 0.3) is 5.91 Å². The predicted octanol–water partition coefficient (Wildman–Crippen LogP) is 1.81. The SMILES string of the molecule is CCCN(C(=O)c1ccc(NC(N)=O)cc1)C1CCNC1.Cl. The lowest BCUT2D eigenvalue weighted by Crippen LogP contribution is -2.42. The first kappa shape index (κ1) is 18.3. The van der Waals surface area contributed by atoms with E-state index in [0.29, 0.717) is 11.3 Å².